The van der Waals surface area contributed by atoms with Gasteiger partial charge in [-0.25, -0.2) is 18.4 Å². The number of hydrogen-bond acceptors (Lipinski definition) is 6. The Balaban J connectivity index is 1.43. The summed E-state index contributed by atoms with van der Waals surface area (Å²) in [6.45, 7) is 1.18. The lowest BCUT2D eigenvalue weighted by Crippen LogP contribution is -2.31. The SMILES string of the molecule is O=C(NCCNc1ncccn1)c1cccc(S(=O)(=O)N2CCc3ccccc32)c1. The average molecular weight is 423 g/mol. The molecule has 2 N–H and O–H groups in total. The van der Waals surface area contributed by atoms with Gasteiger partial charge < -0.3 is 10.6 Å². The number of para-hydroxylation sites is 1. The van der Waals surface area contributed by atoms with Crippen LogP contribution in [0.25, 0.3) is 0 Å². The molecule has 1 aliphatic rings. The molecule has 0 fully saturated rings. The number of fused-ring (bicyclic) bond motifs is 1. The summed E-state index contributed by atoms with van der Waals surface area (Å²) in [6, 6.07) is 15.3. The van der Waals surface area contributed by atoms with Crippen LogP contribution in [0.15, 0.2) is 71.9 Å². The molecule has 2 heterocycles. The minimum atomic E-state index is -3.74. The number of amides is 1. The van der Waals surface area contributed by atoms with E-state index in [1.54, 1.807) is 36.7 Å². The summed E-state index contributed by atoms with van der Waals surface area (Å²) < 4.78 is 27.7. The maximum Gasteiger partial charge on any atom is 0.264 e. The van der Waals surface area contributed by atoms with Crippen molar-refractivity contribution in [3.05, 3.63) is 78.1 Å². The lowest BCUT2D eigenvalue weighted by molar-refractivity contribution is 0.0955. The van der Waals surface area contributed by atoms with E-state index in [4.69, 9.17) is 0 Å². The molecule has 0 saturated carbocycles. The minimum absolute atomic E-state index is 0.0997. The molecule has 4 rings (SSSR count). The predicted octanol–water partition coefficient (Wildman–Crippen LogP) is 2.07. The topological polar surface area (TPSA) is 104 Å². The Morgan fingerprint density at radius 3 is 2.63 bits per heavy atom. The van der Waals surface area contributed by atoms with Crippen molar-refractivity contribution in [2.75, 3.05) is 29.3 Å². The summed E-state index contributed by atoms with van der Waals surface area (Å²) in [5.41, 5.74) is 1.99. The highest BCUT2D eigenvalue weighted by molar-refractivity contribution is 7.92. The molecule has 0 unspecified atom stereocenters. The summed E-state index contributed by atoms with van der Waals surface area (Å²) in [5.74, 6) is 0.135. The Labute approximate surface area is 175 Å². The lowest BCUT2D eigenvalue weighted by atomic mass is 10.2. The second-order valence-electron chi connectivity index (χ2n) is 6.74. The largest absolute Gasteiger partial charge is 0.352 e. The Bertz CT molecular complexity index is 1150. The van der Waals surface area contributed by atoms with Crippen LogP contribution in [0.2, 0.25) is 0 Å². The van der Waals surface area contributed by atoms with E-state index in [2.05, 4.69) is 20.6 Å². The molecule has 0 radical (unpaired) electrons. The van der Waals surface area contributed by atoms with Gasteiger partial charge in [-0.3, -0.25) is 9.10 Å². The fourth-order valence-electron chi connectivity index (χ4n) is 3.33. The fraction of sp³-hybridized carbons (Fsp3) is 0.190. The number of carbonyl (C=O) groups excluding carboxylic acids is 1. The van der Waals surface area contributed by atoms with Crippen LogP contribution in [0, 0.1) is 0 Å². The summed E-state index contributed by atoms with van der Waals surface area (Å²) in [5, 5.41) is 5.76. The molecule has 0 bridgehead atoms. The molecule has 0 aliphatic carbocycles. The Kier molecular flexibility index (Phi) is 5.62. The van der Waals surface area contributed by atoms with E-state index in [-0.39, 0.29) is 10.8 Å². The molecule has 3 aromatic rings. The second-order valence-corrected chi connectivity index (χ2v) is 8.60. The lowest BCUT2D eigenvalue weighted by Gasteiger charge is -2.20. The van der Waals surface area contributed by atoms with Gasteiger partial charge in [0.15, 0.2) is 0 Å². The van der Waals surface area contributed by atoms with E-state index in [1.165, 1.54) is 16.4 Å². The van der Waals surface area contributed by atoms with Gasteiger partial charge in [-0.05, 0) is 42.3 Å². The van der Waals surface area contributed by atoms with E-state index >= 15 is 0 Å². The Morgan fingerprint density at radius 2 is 1.80 bits per heavy atom. The van der Waals surface area contributed by atoms with Crippen LogP contribution >= 0.6 is 0 Å². The highest BCUT2D eigenvalue weighted by Crippen LogP contribution is 2.32. The van der Waals surface area contributed by atoms with Crippen LogP contribution in [0.5, 0.6) is 0 Å². The van der Waals surface area contributed by atoms with Gasteiger partial charge in [0.1, 0.15) is 0 Å². The van der Waals surface area contributed by atoms with E-state index in [0.717, 1.165) is 5.56 Å². The van der Waals surface area contributed by atoms with E-state index in [1.807, 2.05) is 18.2 Å². The van der Waals surface area contributed by atoms with Gasteiger partial charge in [-0.2, -0.15) is 0 Å². The van der Waals surface area contributed by atoms with Crippen LogP contribution in [0.3, 0.4) is 0 Å². The minimum Gasteiger partial charge on any atom is -0.352 e. The summed E-state index contributed by atoms with van der Waals surface area (Å²) in [4.78, 5) is 20.7. The number of nitrogens with zero attached hydrogens (tertiary/aromatic N) is 3. The smallest absolute Gasteiger partial charge is 0.264 e. The van der Waals surface area contributed by atoms with Crippen molar-refractivity contribution in [1.82, 2.24) is 15.3 Å². The van der Waals surface area contributed by atoms with Crippen molar-refractivity contribution in [3.8, 4) is 0 Å². The first-order chi connectivity index (χ1) is 14.6. The van der Waals surface area contributed by atoms with Crippen LogP contribution < -0.4 is 14.9 Å². The normalized spacial score (nSPS) is 13.0. The van der Waals surface area contributed by atoms with E-state index in [9.17, 15) is 13.2 Å². The van der Waals surface area contributed by atoms with Gasteiger partial charge in [0.2, 0.25) is 5.95 Å². The van der Waals surface area contributed by atoms with Gasteiger partial charge in [-0.1, -0.05) is 24.3 Å². The number of rotatable bonds is 7. The molecular weight excluding hydrogens is 402 g/mol. The van der Waals surface area contributed by atoms with Gasteiger partial charge in [0.25, 0.3) is 15.9 Å². The zero-order valence-electron chi connectivity index (χ0n) is 16.2. The molecule has 30 heavy (non-hydrogen) atoms. The molecule has 0 saturated heterocycles. The number of sulfonamides is 1. The highest BCUT2D eigenvalue weighted by atomic mass is 32.2. The van der Waals surface area contributed by atoms with Gasteiger partial charge in [-0.15, -0.1) is 0 Å². The Morgan fingerprint density at radius 1 is 1.00 bits per heavy atom. The van der Waals surface area contributed by atoms with Crippen molar-refractivity contribution in [3.63, 3.8) is 0 Å². The van der Waals surface area contributed by atoms with Gasteiger partial charge in [0, 0.05) is 37.6 Å². The van der Waals surface area contributed by atoms with Crippen molar-refractivity contribution in [2.24, 2.45) is 0 Å². The standard InChI is InChI=1S/C21H21N5O3S/c27-20(22-12-13-25-21-23-10-4-11-24-21)17-6-3-7-18(15-17)30(28,29)26-14-9-16-5-1-2-8-19(16)26/h1-8,10-11,15H,9,12-14H2,(H,22,27)(H,23,24,25). The number of nitrogens with one attached hydrogen (secondary N) is 2. The van der Waals surface area contributed by atoms with E-state index in [0.29, 0.717) is 43.3 Å². The van der Waals surface area contributed by atoms with Crippen molar-refractivity contribution in [2.45, 2.75) is 11.3 Å². The number of carbonyl (C=O) groups is 1. The first-order valence-corrected chi connectivity index (χ1v) is 11.0. The molecule has 0 spiro atoms. The third-order valence-corrected chi connectivity index (χ3v) is 6.60. The first kappa shape index (κ1) is 19.8. The molecule has 1 aliphatic heterocycles. The number of benzene rings is 2. The molecule has 154 valence electrons. The van der Waals surface area contributed by atoms with Crippen LogP contribution in [0.1, 0.15) is 15.9 Å². The molecule has 8 nitrogen and oxygen atoms in total. The highest BCUT2D eigenvalue weighted by Gasteiger charge is 2.30. The van der Waals surface area contributed by atoms with Crippen LogP contribution in [0.4, 0.5) is 11.6 Å². The molecule has 1 amide bonds. The van der Waals surface area contributed by atoms with Gasteiger partial charge >= 0.3 is 0 Å². The monoisotopic (exact) mass is 423 g/mol. The molecule has 9 heteroatoms. The summed E-state index contributed by atoms with van der Waals surface area (Å²) in [6.07, 6.45) is 3.92. The average Bonchev–Trinajstić information content (AvgIpc) is 3.22. The van der Waals surface area contributed by atoms with Crippen LogP contribution in [-0.4, -0.2) is 43.9 Å². The quantitative estimate of drug-likeness (QED) is 0.564. The fourth-order valence-corrected chi connectivity index (χ4v) is 4.88. The summed E-state index contributed by atoms with van der Waals surface area (Å²) in [7, 11) is -3.74. The van der Waals surface area contributed by atoms with Crippen molar-refractivity contribution in [1.29, 1.82) is 0 Å². The predicted molar refractivity (Wildman–Crippen MR) is 114 cm³/mol. The molecule has 2 aromatic carbocycles. The molecule has 1 aromatic heterocycles. The maximum atomic E-state index is 13.2. The number of anilines is 2. The maximum absolute atomic E-state index is 13.2. The zero-order chi connectivity index (χ0) is 21.0. The van der Waals surface area contributed by atoms with Crippen molar-refractivity contribution >= 4 is 27.6 Å². The first-order valence-electron chi connectivity index (χ1n) is 9.55. The molecule has 0 atom stereocenters. The third-order valence-electron chi connectivity index (χ3n) is 4.79. The third kappa shape index (κ3) is 4.11. The van der Waals surface area contributed by atoms with Crippen molar-refractivity contribution < 1.29 is 13.2 Å². The van der Waals surface area contributed by atoms with E-state index < -0.39 is 10.0 Å². The molecular formula is C21H21N5O3S. The van der Waals surface area contributed by atoms with Crippen LogP contribution in [-0.2, 0) is 16.4 Å². The zero-order valence-corrected chi connectivity index (χ0v) is 17.0. The number of aromatic nitrogens is 2. The number of hydrogen-bond donors (Lipinski definition) is 2. The van der Waals surface area contributed by atoms with Gasteiger partial charge in [0.05, 0.1) is 10.6 Å². The summed E-state index contributed by atoms with van der Waals surface area (Å²) >= 11 is 0. The second kappa shape index (κ2) is 8.50. The Hall–Kier alpha value is -3.46.